The van der Waals surface area contributed by atoms with E-state index in [1.807, 2.05) is 38.1 Å². The van der Waals surface area contributed by atoms with Gasteiger partial charge >= 0.3 is 0 Å². The number of hydrogen-bond donors (Lipinski definition) is 1. The largest absolute Gasteiger partial charge is 0.497 e. The predicted octanol–water partition coefficient (Wildman–Crippen LogP) is 5.69. The van der Waals surface area contributed by atoms with Gasteiger partial charge in [-0.2, -0.15) is 0 Å². The van der Waals surface area contributed by atoms with E-state index in [9.17, 15) is 9.59 Å². The lowest BCUT2D eigenvalue weighted by Crippen LogP contribution is -2.27. The van der Waals surface area contributed by atoms with Crippen molar-refractivity contribution in [3.63, 3.8) is 0 Å². The zero-order chi connectivity index (χ0) is 25.8. The smallest absolute Gasteiger partial charge is 0.266 e. The molecule has 0 saturated carbocycles. The van der Waals surface area contributed by atoms with Crippen LogP contribution in [0.15, 0.2) is 70.6 Å². The molecule has 0 atom stereocenters. The minimum Gasteiger partial charge on any atom is -0.497 e. The molecule has 7 heteroatoms. The van der Waals surface area contributed by atoms with E-state index < -0.39 is 0 Å². The molecule has 3 aromatic carbocycles. The molecule has 0 saturated heterocycles. The normalized spacial score (nSPS) is 11.2. The van der Waals surface area contributed by atoms with E-state index >= 15 is 0 Å². The predicted molar refractivity (Wildman–Crippen MR) is 147 cm³/mol. The van der Waals surface area contributed by atoms with Crippen LogP contribution in [0.4, 0.5) is 0 Å². The molecule has 0 aliphatic carbocycles. The molecule has 36 heavy (non-hydrogen) atoms. The van der Waals surface area contributed by atoms with Gasteiger partial charge in [-0.3, -0.25) is 14.2 Å². The van der Waals surface area contributed by atoms with Crippen molar-refractivity contribution in [2.75, 3.05) is 13.7 Å². The van der Waals surface area contributed by atoms with Gasteiger partial charge in [0.05, 0.1) is 23.7 Å². The summed E-state index contributed by atoms with van der Waals surface area (Å²) in [4.78, 5) is 31.3. The summed E-state index contributed by atoms with van der Waals surface area (Å²) in [7, 11) is 1.60. The number of nitrogens with zero attached hydrogens (tertiary/aromatic N) is 2. The molecule has 1 N–H and O–H groups in total. The lowest BCUT2D eigenvalue weighted by Gasteiger charge is -2.15. The molecule has 0 unspecified atom stereocenters. The van der Waals surface area contributed by atoms with Gasteiger partial charge < -0.3 is 10.1 Å². The Bertz CT molecular complexity index is 1480. The van der Waals surface area contributed by atoms with Crippen molar-refractivity contribution in [1.82, 2.24) is 14.9 Å². The average molecular weight is 502 g/mol. The quantitative estimate of drug-likeness (QED) is 0.248. The molecule has 0 aliphatic heterocycles. The number of aryl methyl sites for hydroxylation is 2. The van der Waals surface area contributed by atoms with Crippen molar-refractivity contribution < 1.29 is 9.53 Å². The maximum absolute atomic E-state index is 13.7. The van der Waals surface area contributed by atoms with Gasteiger partial charge in [0, 0.05) is 23.9 Å². The van der Waals surface area contributed by atoms with Crippen molar-refractivity contribution in [2.24, 2.45) is 5.92 Å². The Labute approximate surface area is 215 Å². The molecule has 186 valence electrons. The van der Waals surface area contributed by atoms with Crippen LogP contribution >= 0.6 is 11.8 Å². The van der Waals surface area contributed by atoms with Crippen LogP contribution in [-0.2, 0) is 5.75 Å². The van der Waals surface area contributed by atoms with Gasteiger partial charge in [-0.05, 0) is 61.2 Å². The molecule has 4 aromatic rings. The van der Waals surface area contributed by atoms with Crippen LogP contribution in [0.1, 0.15) is 40.9 Å². The van der Waals surface area contributed by atoms with Gasteiger partial charge in [-0.1, -0.05) is 55.4 Å². The van der Waals surface area contributed by atoms with Crippen LogP contribution in [0.2, 0.25) is 0 Å². The second-order valence-corrected chi connectivity index (χ2v) is 10.2. The monoisotopic (exact) mass is 501 g/mol. The van der Waals surface area contributed by atoms with Crippen molar-refractivity contribution >= 4 is 28.6 Å². The number of aromatic nitrogens is 2. The minimum absolute atomic E-state index is 0.172. The van der Waals surface area contributed by atoms with E-state index in [1.54, 1.807) is 29.9 Å². The Kier molecular flexibility index (Phi) is 7.79. The van der Waals surface area contributed by atoms with Crippen LogP contribution in [0.25, 0.3) is 16.6 Å². The van der Waals surface area contributed by atoms with Crippen molar-refractivity contribution in [3.8, 4) is 11.4 Å². The zero-order valence-electron chi connectivity index (χ0n) is 21.3. The number of rotatable bonds is 8. The molecule has 6 nitrogen and oxygen atoms in total. The van der Waals surface area contributed by atoms with Gasteiger partial charge in [0.15, 0.2) is 5.16 Å². The number of benzene rings is 3. The van der Waals surface area contributed by atoms with Gasteiger partial charge in [0.1, 0.15) is 5.75 Å². The molecular formula is C29H31N3O3S. The van der Waals surface area contributed by atoms with Gasteiger partial charge in [-0.25, -0.2) is 4.98 Å². The van der Waals surface area contributed by atoms with E-state index in [0.29, 0.717) is 51.3 Å². The second-order valence-electron chi connectivity index (χ2n) is 9.29. The highest BCUT2D eigenvalue weighted by Gasteiger charge is 2.17. The molecule has 1 amide bonds. The summed E-state index contributed by atoms with van der Waals surface area (Å²) in [5.74, 6) is 1.48. The number of fused-ring (bicyclic) bond motifs is 1. The third kappa shape index (κ3) is 5.62. The van der Waals surface area contributed by atoms with Crippen LogP contribution in [0.3, 0.4) is 0 Å². The van der Waals surface area contributed by atoms with Gasteiger partial charge in [-0.15, -0.1) is 0 Å². The van der Waals surface area contributed by atoms with Crippen molar-refractivity contribution in [2.45, 2.75) is 38.6 Å². The lowest BCUT2D eigenvalue weighted by molar-refractivity contribution is 0.0949. The first kappa shape index (κ1) is 25.5. The molecule has 1 heterocycles. The third-order valence-corrected chi connectivity index (χ3v) is 6.93. The molecule has 0 fully saturated rings. The Hall–Kier alpha value is -3.58. The van der Waals surface area contributed by atoms with Gasteiger partial charge in [0.2, 0.25) is 0 Å². The summed E-state index contributed by atoms with van der Waals surface area (Å²) in [6.07, 6.45) is 0. The standard InChI is InChI=1S/C29H31N3O3S/c1-18(2)16-30-27(33)21-11-12-25-26(14-21)31-29(36-17-22-13-19(3)9-10-20(22)4)32(28(25)34)23-7-6-8-24(15-23)35-5/h6-15,18H,16-17H2,1-5H3,(H,30,33). The zero-order valence-corrected chi connectivity index (χ0v) is 22.1. The highest BCUT2D eigenvalue weighted by atomic mass is 32.2. The highest BCUT2D eigenvalue weighted by molar-refractivity contribution is 7.98. The Morgan fingerprint density at radius 1 is 1.08 bits per heavy atom. The number of nitrogens with one attached hydrogen (secondary N) is 1. The van der Waals surface area contributed by atoms with Crippen molar-refractivity contribution in [3.05, 3.63) is 93.3 Å². The van der Waals surface area contributed by atoms with Crippen LogP contribution < -0.4 is 15.6 Å². The van der Waals surface area contributed by atoms with E-state index in [-0.39, 0.29) is 11.5 Å². The Morgan fingerprint density at radius 2 is 1.89 bits per heavy atom. The van der Waals surface area contributed by atoms with Crippen LogP contribution in [-0.4, -0.2) is 29.1 Å². The highest BCUT2D eigenvalue weighted by Crippen LogP contribution is 2.28. The van der Waals surface area contributed by atoms with E-state index in [1.165, 1.54) is 28.5 Å². The molecule has 4 rings (SSSR count). The number of hydrogen-bond acceptors (Lipinski definition) is 5. The number of ether oxygens (including phenoxy) is 1. The number of thioether (sulfide) groups is 1. The maximum Gasteiger partial charge on any atom is 0.266 e. The third-order valence-electron chi connectivity index (χ3n) is 5.94. The second kappa shape index (κ2) is 11.0. The molecular weight excluding hydrogens is 470 g/mol. The number of methoxy groups -OCH3 is 1. The molecule has 0 radical (unpaired) electrons. The first-order valence-electron chi connectivity index (χ1n) is 11.9. The average Bonchev–Trinajstić information content (AvgIpc) is 2.87. The SMILES string of the molecule is COc1cccc(-n2c(SCc3cc(C)ccc3C)nc3cc(C(=O)NCC(C)C)ccc3c2=O)c1. The minimum atomic E-state index is -0.189. The number of carbonyl (C=O) groups is 1. The van der Waals surface area contributed by atoms with Crippen LogP contribution in [0, 0.1) is 19.8 Å². The van der Waals surface area contributed by atoms with E-state index in [4.69, 9.17) is 9.72 Å². The first-order chi connectivity index (χ1) is 17.3. The fraction of sp³-hybridized carbons (Fsp3) is 0.276. The maximum atomic E-state index is 13.7. The fourth-order valence-corrected chi connectivity index (χ4v) is 4.95. The summed E-state index contributed by atoms with van der Waals surface area (Å²) in [5, 5.41) is 3.94. The molecule has 1 aromatic heterocycles. The lowest BCUT2D eigenvalue weighted by atomic mass is 10.1. The summed E-state index contributed by atoms with van der Waals surface area (Å²) in [6, 6.07) is 18.8. The Morgan fingerprint density at radius 3 is 2.64 bits per heavy atom. The first-order valence-corrected chi connectivity index (χ1v) is 12.9. The topological polar surface area (TPSA) is 73.2 Å². The molecule has 0 bridgehead atoms. The molecule has 0 aliphatic rings. The number of amides is 1. The fourth-order valence-electron chi connectivity index (χ4n) is 3.88. The van der Waals surface area contributed by atoms with Gasteiger partial charge in [0.25, 0.3) is 11.5 Å². The van der Waals surface area contributed by atoms with E-state index in [0.717, 1.165) is 0 Å². The summed E-state index contributed by atoms with van der Waals surface area (Å²) in [5.41, 5.74) is 5.04. The van der Waals surface area contributed by atoms with Crippen LogP contribution in [0.5, 0.6) is 5.75 Å². The number of carbonyl (C=O) groups excluding carboxylic acids is 1. The van der Waals surface area contributed by atoms with Crippen molar-refractivity contribution in [1.29, 1.82) is 0 Å². The summed E-state index contributed by atoms with van der Waals surface area (Å²) >= 11 is 1.50. The summed E-state index contributed by atoms with van der Waals surface area (Å²) in [6.45, 7) is 8.82. The molecule has 0 spiro atoms. The Balaban J connectivity index is 1.82. The van der Waals surface area contributed by atoms with E-state index in [2.05, 4.69) is 37.4 Å². The summed E-state index contributed by atoms with van der Waals surface area (Å²) < 4.78 is 7.02.